The van der Waals surface area contributed by atoms with Gasteiger partial charge in [0.15, 0.2) is 10.1 Å². The quantitative estimate of drug-likeness (QED) is 0.323. The van der Waals surface area contributed by atoms with Gasteiger partial charge >= 0.3 is 0 Å². The number of aromatic amines is 1. The van der Waals surface area contributed by atoms with Crippen molar-refractivity contribution in [3.8, 4) is 0 Å². The van der Waals surface area contributed by atoms with Crippen molar-refractivity contribution in [3.63, 3.8) is 0 Å². The summed E-state index contributed by atoms with van der Waals surface area (Å²) in [5, 5.41) is 12.9. The second-order valence-electron chi connectivity index (χ2n) is 5.26. The molecule has 19 heavy (non-hydrogen) atoms. The van der Waals surface area contributed by atoms with Crippen molar-refractivity contribution in [1.82, 2.24) is 8.10 Å². The van der Waals surface area contributed by atoms with E-state index in [1.54, 1.807) is 9.18 Å². The summed E-state index contributed by atoms with van der Waals surface area (Å²) in [6.45, 7) is 5.52. The minimum Gasteiger partial charge on any atom is -0.368 e. The van der Waals surface area contributed by atoms with E-state index in [0.29, 0.717) is 21.0 Å². The van der Waals surface area contributed by atoms with Crippen LogP contribution < -0.4 is 5.32 Å². The Morgan fingerprint density at radius 3 is 2.79 bits per heavy atom. The van der Waals surface area contributed by atoms with Crippen LogP contribution in [-0.2, 0) is 4.79 Å². The largest absolute Gasteiger partial charge is 0.368 e. The van der Waals surface area contributed by atoms with E-state index in [0.717, 1.165) is 0 Å². The molecule has 2 rings (SSSR count). The average molecular weight is 488 g/mol. The second-order valence-corrected chi connectivity index (χ2v) is 7.26. The zero-order valence-electron chi connectivity index (χ0n) is 10.7. The number of aliphatic imine (C=N–C) groups is 1. The van der Waals surface area contributed by atoms with Gasteiger partial charge in [-0.3, -0.25) is 7.91 Å². The lowest BCUT2D eigenvalue weighted by Gasteiger charge is -2.24. The number of aromatic nitrogens is 1. The summed E-state index contributed by atoms with van der Waals surface area (Å²) in [4.78, 5) is 19.2. The number of carbonyl (C=O) groups excluding carboxylic acids is 1. The highest BCUT2D eigenvalue weighted by molar-refractivity contribution is 14.1. The number of carbonyl (C=O) groups is 1. The normalized spacial score (nSPS) is 18.9. The molecule has 1 atom stereocenters. The number of rotatable bonds is 1. The molecular weight excluding hydrogens is 474 g/mol. The molecule has 0 aromatic carbocycles. The van der Waals surface area contributed by atoms with Gasteiger partial charge in [-0.2, -0.15) is 0 Å². The fourth-order valence-corrected chi connectivity index (χ4v) is 2.40. The lowest BCUT2D eigenvalue weighted by Crippen LogP contribution is -2.27. The molecule has 8 heteroatoms. The molecule has 0 saturated carbocycles. The van der Waals surface area contributed by atoms with Crippen molar-refractivity contribution in [2.45, 2.75) is 27.0 Å². The summed E-state index contributed by atoms with van der Waals surface area (Å²) in [6, 6.07) is 1.71. The highest BCUT2D eigenvalue weighted by atomic mass is 127. The molecule has 2 heterocycles. The number of hydrogen-bond acceptors (Lipinski definition) is 4. The smallest absolute Gasteiger partial charge is 0.230 e. The Hall–Kier alpha value is -0.360. The number of hydrogen-bond donors (Lipinski definition) is 3. The van der Waals surface area contributed by atoms with Gasteiger partial charge in [0.1, 0.15) is 11.6 Å². The first-order chi connectivity index (χ1) is 8.70. The maximum atomic E-state index is 11.9. The van der Waals surface area contributed by atoms with Gasteiger partial charge in [-0.1, -0.05) is 20.8 Å². The molecule has 1 amide bonds. The van der Waals surface area contributed by atoms with E-state index in [-0.39, 0.29) is 5.91 Å². The molecule has 6 nitrogen and oxygen atoms in total. The molecule has 1 aromatic heterocycles. The summed E-state index contributed by atoms with van der Waals surface area (Å²) in [5.74, 6) is 1.03. The van der Waals surface area contributed by atoms with Crippen molar-refractivity contribution in [3.05, 3.63) is 11.6 Å². The Labute approximate surface area is 138 Å². The van der Waals surface area contributed by atoms with Gasteiger partial charge in [-0.25, -0.2) is 4.99 Å². The van der Waals surface area contributed by atoms with Crippen LogP contribution in [0.4, 0.5) is 11.6 Å². The minimum absolute atomic E-state index is 0.0920. The zero-order chi connectivity index (χ0) is 14.4. The van der Waals surface area contributed by atoms with Crippen molar-refractivity contribution < 1.29 is 9.90 Å². The number of H-pyrrole nitrogens is 1. The van der Waals surface area contributed by atoms with Gasteiger partial charge in [-0.05, 0) is 6.07 Å². The third-order valence-corrected chi connectivity index (χ3v) is 5.30. The van der Waals surface area contributed by atoms with E-state index in [1.165, 1.54) is 0 Å². The van der Waals surface area contributed by atoms with Crippen LogP contribution >= 0.6 is 45.5 Å². The first-order valence-electron chi connectivity index (χ1n) is 5.62. The first kappa shape index (κ1) is 15.0. The number of nitrogens with one attached hydrogen (secondary N) is 2. The molecule has 0 bridgehead atoms. The Morgan fingerprint density at radius 2 is 2.21 bits per heavy atom. The Morgan fingerprint density at radius 1 is 1.58 bits per heavy atom. The van der Waals surface area contributed by atoms with Crippen molar-refractivity contribution >= 4 is 66.8 Å². The molecule has 3 N–H and O–H groups in total. The van der Waals surface area contributed by atoms with E-state index in [4.69, 9.17) is 0 Å². The molecule has 104 valence electrons. The van der Waals surface area contributed by atoms with E-state index in [9.17, 15) is 9.90 Å². The highest BCUT2D eigenvalue weighted by Crippen LogP contribution is 2.38. The lowest BCUT2D eigenvalue weighted by atomic mass is 9.96. The van der Waals surface area contributed by atoms with Crippen LogP contribution in [0.25, 0.3) is 0 Å². The number of fused-ring (bicyclic) bond motifs is 1. The van der Waals surface area contributed by atoms with Crippen LogP contribution in [0.15, 0.2) is 11.1 Å². The summed E-state index contributed by atoms with van der Waals surface area (Å²) >= 11 is 4.04. The van der Waals surface area contributed by atoms with Crippen molar-refractivity contribution in [2.75, 3.05) is 5.32 Å². The van der Waals surface area contributed by atoms with Gasteiger partial charge in [0.05, 0.1) is 22.9 Å². The monoisotopic (exact) mass is 488 g/mol. The number of aliphatic hydroxyl groups is 1. The average Bonchev–Trinajstić information content (AvgIpc) is 2.67. The Bertz CT molecular complexity index is 547. The van der Waals surface area contributed by atoms with Crippen LogP contribution in [0.5, 0.6) is 0 Å². The summed E-state index contributed by atoms with van der Waals surface area (Å²) < 4.78 is 2.30. The van der Waals surface area contributed by atoms with Crippen LogP contribution in [0.2, 0.25) is 0 Å². The fourth-order valence-electron chi connectivity index (χ4n) is 1.49. The standard InChI is InChI=1S/C11H14I2N4O2/c1-11(2,3)9(19)15-6-4-5-7(14-6)16-10(12)17(13)8(5)18/h4,8,14,18H,1-3H3,(H,15,19). The molecule has 1 unspecified atom stereocenters. The molecule has 0 saturated heterocycles. The summed E-state index contributed by atoms with van der Waals surface area (Å²) in [5.41, 5.74) is 0.177. The van der Waals surface area contributed by atoms with E-state index < -0.39 is 11.6 Å². The minimum atomic E-state index is -0.767. The number of amidine groups is 1. The van der Waals surface area contributed by atoms with E-state index in [1.807, 2.05) is 66.2 Å². The second kappa shape index (κ2) is 5.20. The molecule has 1 aromatic rings. The molecule has 0 fully saturated rings. The lowest BCUT2D eigenvalue weighted by molar-refractivity contribution is -0.123. The predicted molar refractivity (Wildman–Crippen MR) is 90.8 cm³/mol. The molecule has 1 aliphatic rings. The zero-order valence-corrected chi connectivity index (χ0v) is 15.0. The molecule has 0 radical (unpaired) electrons. The topological polar surface area (TPSA) is 80.7 Å². The first-order valence-corrected chi connectivity index (χ1v) is 7.66. The van der Waals surface area contributed by atoms with E-state index >= 15 is 0 Å². The third-order valence-electron chi connectivity index (χ3n) is 2.63. The van der Waals surface area contributed by atoms with Crippen LogP contribution in [-0.4, -0.2) is 23.0 Å². The highest BCUT2D eigenvalue weighted by Gasteiger charge is 2.29. The maximum absolute atomic E-state index is 11.9. The summed E-state index contributed by atoms with van der Waals surface area (Å²) in [6.07, 6.45) is -0.767. The Kier molecular flexibility index (Phi) is 4.12. The van der Waals surface area contributed by atoms with Crippen molar-refractivity contribution in [2.24, 2.45) is 10.4 Å². The third kappa shape index (κ3) is 3.05. The van der Waals surface area contributed by atoms with E-state index in [2.05, 4.69) is 15.3 Å². The van der Waals surface area contributed by atoms with Gasteiger partial charge in [0.25, 0.3) is 0 Å². The number of halogens is 2. The van der Waals surface area contributed by atoms with Gasteiger partial charge in [0.2, 0.25) is 5.91 Å². The van der Waals surface area contributed by atoms with Crippen molar-refractivity contribution in [1.29, 1.82) is 0 Å². The number of nitrogens with zero attached hydrogens (tertiary/aromatic N) is 2. The number of amides is 1. The SMILES string of the molecule is CC(C)(C)C(=O)Nc1cc2c([nH]1)N=C(I)N(I)C2O. The van der Waals surface area contributed by atoms with Crippen LogP contribution in [0.1, 0.15) is 32.6 Å². The molecular formula is C11H14I2N4O2. The maximum Gasteiger partial charge on any atom is 0.230 e. The Balaban J connectivity index is 2.27. The van der Waals surface area contributed by atoms with Gasteiger partial charge in [0, 0.05) is 33.6 Å². The number of anilines is 1. The van der Waals surface area contributed by atoms with Crippen LogP contribution in [0.3, 0.4) is 0 Å². The predicted octanol–water partition coefficient (Wildman–Crippen LogP) is 3.08. The van der Waals surface area contributed by atoms with Gasteiger partial charge < -0.3 is 15.4 Å². The molecule has 1 aliphatic heterocycles. The molecule has 0 aliphatic carbocycles. The summed E-state index contributed by atoms with van der Waals surface area (Å²) in [7, 11) is 0. The number of aliphatic hydroxyl groups excluding tert-OH is 1. The van der Waals surface area contributed by atoms with Gasteiger partial charge in [-0.15, -0.1) is 0 Å². The molecule has 0 spiro atoms. The van der Waals surface area contributed by atoms with Crippen LogP contribution in [0, 0.1) is 5.41 Å². The fraction of sp³-hybridized carbons (Fsp3) is 0.455.